The number of nitrogens with one attached hydrogen (secondary N) is 1. The molecule has 0 atom stereocenters. The Morgan fingerprint density at radius 3 is 2.58 bits per heavy atom. The first-order valence-corrected chi connectivity index (χ1v) is 7.63. The van der Waals surface area contributed by atoms with Crippen molar-refractivity contribution < 1.29 is 22.5 Å². The first kappa shape index (κ1) is 18.0. The molecule has 0 aromatic carbocycles. The minimum Gasteiger partial charge on any atom is -0.351 e. The molecule has 0 saturated heterocycles. The largest absolute Gasteiger partial charge is 0.452 e. The summed E-state index contributed by atoms with van der Waals surface area (Å²) in [6.07, 6.45) is -1.35. The molecule has 6 nitrogen and oxygen atoms in total. The highest BCUT2D eigenvalue weighted by Gasteiger charge is 2.36. The summed E-state index contributed by atoms with van der Waals surface area (Å²) < 4.78 is 43.3. The van der Waals surface area contributed by atoms with E-state index in [2.05, 4.69) is 20.1 Å². The van der Waals surface area contributed by atoms with Crippen LogP contribution >= 0.6 is 0 Å². The third-order valence-corrected chi connectivity index (χ3v) is 3.85. The first-order chi connectivity index (χ1) is 11.3. The number of rotatable bonds is 6. The summed E-state index contributed by atoms with van der Waals surface area (Å²) in [4.78, 5) is 12.2. The van der Waals surface area contributed by atoms with E-state index in [0.29, 0.717) is 5.56 Å². The van der Waals surface area contributed by atoms with Crippen LogP contribution in [0, 0.1) is 6.92 Å². The molecular weight excluding hydrogens is 325 g/mol. The second-order valence-electron chi connectivity index (χ2n) is 5.42. The summed E-state index contributed by atoms with van der Waals surface area (Å²) in [5, 5.41) is 10.1. The van der Waals surface area contributed by atoms with Crippen LogP contribution < -0.4 is 5.32 Å². The predicted molar refractivity (Wildman–Crippen MR) is 79.3 cm³/mol. The molecule has 0 bridgehead atoms. The quantitative estimate of drug-likeness (QED) is 0.871. The Morgan fingerprint density at radius 2 is 2.04 bits per heavy atom. The molecule has 0 unspecified atom stereocenters. The van der Waals surface area contributed by atoms with Crippen molar-refractivity contribution in [1.82, 2.24) is 20.3 Å². The van der Waals surface area contributed by atoms with Gasteiger partial charge >= 0.3 is 6.18 Å². The number of halogens is 3. The van der Waals surface area contributed by atoms with Gasteiger partial charge < -0.3 is 9.84 Å². The lowest BCUT2D eigenvalue weighted by molar-refractivity contribution is -0.155. The Bertz CT molecular complexity index is 702. The molecule has 2 rings (SSSR count). The van der Waals surface area contributed by atoms with Gasteiger partial charge in [0, 0.05) is 11.8 Å². The van der Waals surface area contributed by atoms with Crippen LogP contribution in [0.1, 0.15) is 60.2 Å². The number of nitrogens with zero attached hydrogens (tertiary/aromatic N) is 3. The molecule has 1 N–H and O–H groups in total. The van der Waals surface area contributed by atoms with Crippen LogP contribution in [0.5, 0.6) is 0 Å². The van der Waals surface area contributed by atoms with Gasteiger partial charge in [-0.05, 0) is 19.8 Å². The highest BCUT2D eigenvalue weighted by molar-refractivity contribution is 5.94. The average Bonchev–Trinajstić information content (AvgIpc) is 3.14. The number of amides is 1. The zero-order valence-corrected chi connectivity index (χ0v) is 13.6. The van der Waals surface area contributed by atoms with Gasteiger partial charge in [0.1, 0.15) is 5.69 Å². The number of carbonyl (C=O) groups is 1. The van der Waals surface area contributed by atoms with Gasteiger partial charge in [-0.2, -0.15) is 18.3 Å². The van der Waals surface area contributed by atoms with Gasteiger partial charge in [-0.15, -0.1) is 0 Å². The third-order valence-electron chi connectivity index (χ3n) is 3.85. The standard InChI is InChI=1S/C15H19F3N4O2/c1-4-11(5-2)22-9(3)12(8-20-22)14(23)19-7-10-6-13(24-21-10)15(16,17)18/h6,8,11H,4-5,7H2,1-3H3,(H,19,23). The van der Waals surface area contributed by atoms with Gasteiger partial charge in [0.15, 0.2) is 0 Å². The molecule has 132 valence electrons. The Labute approximate surface area is 137 Å². The van der Waals surface area contributed by atoms with Crippen LogP contribution in [0.4, 0.5) is 13.2 Å². The Kier molecular flexibility index (Phi) is 5.30. The molecule has 0 aliphatic heterocycles. The van der Waals surface area contributed by atoms with Crippen LogP contribution in [0.2, 0.25) is 0 Å². The highest BCUT2D eigenvalue weighted by Crippen LogP contribution is 2.29. The summed E-state index contributed by atoms with van der Waals surface area (Å²) in [6, 6.07) is 0.970. The molecule has 2 heterocycles. The van der Waals surface area contributed by atoms with Crippen LogP contribution in [-0.2, 0) is 12.7 Å². The van der Waals surface area contributed by atoms with Crippen LogP contribution in [0.25, 0.3) is 0 Å². The topological polar surface area (TPSA) is 73.0 Å². The van der Waals surface area contributed by atoms with Crippen molar-refractivity contribution >= 4 is 5.91 Å². The minimum absolute atomic E-state index is 0.000660. The third kappa shape index (κ3) is 3.77. The van der Waals surface area contributed by atoms with Crippen LogP contribution in [-0.4, -0.2) is 20.8 Å². The van der Waals surface area contributed by atoms with E-state index in [0.717, 1.165) is 24.6 Å². The lowest BCUT2D eigenvalue weighted by Crippen LogP contribution is -2.23. The molecule has 2 aromatic rings. The molecule has 0 fully saturated rings. The monoisotopic (exact) mass is 344 g/mol. The SMILES string of the molecule is CCC(CC)n1ncc(C(=O)NCc2cc(C(F)(F)F)on2)c1C. The molecule has 0 spiro atoms. The molecular formula is C15H19F3N4O2. The van der Waals surface area contributed by atoms with E-state index >= 15 is 0 Å². The van der Waals surface area contributed by atoms with Gasteiger partial charge in [-0.3, -0.25) is 9.48 Å². The lowest BCUT2D eigenvalue weighted by Gasteiger charge is -2.15. The van der Waals surface area contributed by atoms with Crippen LogP contribution in [0.15, 0.2) is 16.8 Å². The highest BCUT2D eigenvalue weighted by atomic mass is 19.4. The van der Waals surface area contributed by atoms with Crippen molar-refractivity contribution in [3.8, 4) is 0 Å². The molecule has 0 aliphatic carbocycles. The second-order valence-corrected chi connectivity index (χ2v) is 5.42. The van der Waals surface area contributed by atoms with E-state index in [1.807, 2.05) is 13.8 Å². The number of hydrogen-bond donors (Lipinski definition) is 1. The number of carbonyl (C=O) groups excluding carboxylic acids is 1. The summed E-state index contributed by atoms with van der Waals surface area (Å²) in [5.41, 5.74) is 1.11. The van der Waals surface area contributed by atoms with Crippen molar-refractivity contribution in [2.75, 3.05) is 0 Å². The average molecular weight is 344 g/mol. The molecule has 9 heteroatoms. The molecule has 0 aliphatic rings. The van der Waals surface area contributed by atoms with Crippen molar-refractivity contribution in [1.29, 1.82) is 0 Å². The Balaban J connectivity index is 2.04. The minimum atomic E-state index is -4.59. The summed E-state index contributed by atoms with van der Waals surface area (Å²) >= 11 is 0. The van der Waals surface area contributed by atoms with Crippen molar-refractivity contribution in [3.05, 3.63) is 35.0 Å². The maximum absolute atomic E-state index is 12.4. The molecule has 24 heavy (non-hydrogen) atoms. The number of hydrogen-bond acceptors (Lipinski definition) is 4. The van der Waals surface area contributed by atoms with E-state index in [-0.39, 0.29) is 18.3 Å². The summed E-state index contributed by atoms with van der Waals surface area (Å²) in [5.74, 6) is -1.61. The fraction of sp³-hybridized carbons (Fsp3) is 0.533. The zero-order chi connectivity index (χ0) is 17.9. The second kappa shape index (κ2) is 7.06. The van der Waals surface area contributed by atoms with E-state index < -0.39 is 17.8 Å². The van der Waals surface area contributed by atoms with Crippen molar-refractivity contribution in [2.45, 2.75) is 52.4 Å². The molecule has 0 saturated carbocycles. The van der Waals surface area contributed by atoms with E-state index in [9.17, 15) is 18.0 Å². The number of alkyl halides is 3. The summed E-state index contributed by atoms with van der Waals surface area (Å²) in [7, 11) is 0. The maximum atomic E-state index is 12.4. The molecule has 1 amide bonds. The Hall–Kier alpha value is -2.32. The fourth-order valence-electron chi connectivity index (χ4n) is 2.44. The fourth-order valence-corrected chi connectivity index (χ4v) is 2.44. The van der Waals surface area contributed by atoms with Crippen molar-refractivity contribution in [3.63, 3.8) is 0 Å². The zero-order valence-electron chi connectivity index (χ0n) is 13.6. The van der Waals surface area contributed by atoms with Crippen molar-refractivity contribution in [2.24, 2.45) is 0 Å². The molecule has 2 aromatic heterocycles. The maximum Gasteiger partial charge on any atom is 0.452 e. The number of aromatic nitrogens is 3. The van der Waals surface area contributed by atoms with Gasteiger partial charge in [0.2, 0.25) is 5.76 Å². The summed E-state index contributed by atoms with van der Waals surface area (Å²) in [6.45, 7) is 5.71. The van der Waals surface area contributed by atoms with E-state index in [1.54, 1.807) is 11.6 Å². The van der Waals surface area contributed by atoms with E-state index in [1.165, 1.54) is 6.20 Å². The predicted octanol–water partition coefficient (Wildman–Crippen LogP) is 3.49. The van der Waals surface area contributed by atoms with Gasteiger partial charge in [0.25, 0.3) is 5.91 Å². The van der Waals surface area contributed by atoms with Gasteiger partial charge in [-0.25, -0.2) is 0 Å². The Morgan fingerprint density at radius 1 is 1.38 bits per heavy atom. The lowest BCUT2D eigenvalue weighted by atomic mass is 10.1. The normalized spacial score (nSPS) is 12.0. The smallest absolute Gasteiger partial charge is 0.351 e. The molecule has 0 radical (unpaired) electrons. The van der Waals surface area contributed by atoms with Gasteiger partial charge in [0.05, 0.1) is 24.3 Å². The van der Waals surface area contributed by atoms with Gasteiger partial charge in [-0.1, -0.05) is 19.0 Å². The van der Waals surface area contributed by atoms with E-state index in [4.69, 9.17) is 0 Å². The first-order valence-electron chi connectivity index (χ1n) is 7.63. The van der Waals surface area contributed by atoms with Crippen LogP contribution in [0.3, 0.4) is 0 Å².